The Morgan fingerprint density at radius 2 is 1.28 bits per heavy atom. The molecular formula is C16H16O2. The summed E-state index contributed by atoms with van der Waals surface area (Å²) in [5.74, 6) is 0. The predicted octanol–water partition coefficient (Wildman–Crippen LogP) is 3.77. The number of rotatable bonds is 1. The number of aryl methyl sites for hydroxylation is 2. The average Bonchev–Trinajstić information content (AvgIpc) is 2.43. The van der Waals surface area contributed by atoms with Crippen molar-refractivity contribution in [2.45, 2.75) is 13.8 Å². The van der Waals surface area contributed by atoms with Crippen molar-refractivity contribution in [3.05, 3.63) is 77.9 Å². The van der Waals surface area contributed by atoms with Gasteiger partial charge in [-0.05, 0) is 13.8 Å². The Hall–Kier alpha value is -2.15. The fourth-order valence-electron chi connectivity index (χ4n) is 1.18. The van der Waals surface area contributed by atoms with Gasteiger partial charge in [-0.15, -0.1) is 0 Å². The molecule has 0 spiro atoms. The van der Waals surface area contributed by atoms with E-state index >= 15 is 0 Å². The van der Waals surface area contributed by atoms with Crippen LogP contribution in [0.1, 0.15) is 21.5 Å². The van der Waals surface area contributed by atoms with E-state index in [2.05, 4.69) is 25.7 Å². The first-order chi connectivity index (χ1) is 8.72. The van der Waals surface area contributed by atoms with E-state index in [4.69, 9.17) is 4.65 Å². The summed E-state index contributed by atoms with van der Waals surface area (Å²) < 4.78 is 7.50. The molecule has 0 radical (unpaired) electrons. The van der Waals surface area contributed by atoms with E-state index in [1.807, 2.05) is 49.4 Å². The molecular weight excluding hydrogens is 224 g/mol. The fourth-order valence-corrected chi connectivity index (χ4v) is 1.18. The fraction of sp³-hybridized carbons (Fsp3) is 0.125. The monoisotopic (exact) mass is 240 g/mol. The third-order valence-electron chi connectivity index (χ3n) is 2.15. The number of carbonyl (C=O) groups is 1. The molecule has 0 unspecified atom stereocenters. The van der Waals surface area contributed by atoms with Crippen LogP contribution in [0.15, 0.2) is 54.6 Å². The van der Waals surface area contributed by atoms with Crippen LogP contribution in [0.4, 0.5) is 0 Å². The summed E-state index contributed by atoms with van der Waals surface area (Å²) in [4.78, 5) is 10.1. The molecule has 0 saturated heterocycles. The van der Waals surface area contributed by atoms with Gasteiger partial charge in [0.1, 0.15) is 6.29 Å². The van der Waals surface area contributed by atoms with Crippen LogP contribution in [0.25, 0.3) is 0 Å². The van der Waals surface area contributed by atoms with Crippen molar-refractivity contribution >= 4 is 6.29 Å². The topological polar surface area (TPSA) is 37.0 Å². The maximum absolute atomic E-state index is 10.1. The summed E-state index contributed by atoms with van der Waals surface area (Å²) in [6.07, 6.45) is 0.847. The third-order valence-corrected chi connectivity index (χ3v) is 2.15. The predicted molar refractivity (Wildman–Crippen MR) is 71.7 cm³/mol. The molecule has 0 heterocycles. The summed E-state index contributed by atoms with van der Waals surface area (Å²) in [5, 5.41) is 0. The quantitative estimate of drug-likeness (QED) is 0.424. The van der Waals surface area contributed by atoms with Crippen molar-refractivity contribution in [2.75, 3.05) is 0 Å². The SMILES string of the molecule is Cc1ccc(C=O)cc1.Cc1ccccc1.[C-]#[O+]. The van der Waals surface area contributed by atoms with E-state index in [0.717, 1.165) is 11.8 Å². The zero-order valence-electron chi connectivity index (χ0n) is 10.6. The van der Waals surface area contributed by atoms with Gasteiger partial charge in [0.2, 0.25) is 0 Å². The van der Waals surface area contributed by atoms with E-state index in [1.54, 1.807) is 0 Å². The van der Waals surface area contributed by atoms with Crippen molar-refractivity contribution in [3.8, 4) is 0 Å². The molecule has 0 fully saturated rings. The molecule has 0 amide bonds. The first kappa shape index (κ1) is 15.9. The van der Waals surface area contributed by atoms with E-state index in [9.17, 15) is 4.79 Å². The average molecular weight is 240 g/mol. The molecule has 0 aromatic heterocycles. The Kier molecular flexibility index (Phi) is 8.83. The summed E-state index contributed by atoms with van der Waals surface area (Å²) in [6, 6.07) is 17.7. The van der Waals surface area contributed by atoms with Gasteiger partial charge >= 0.3 is 11.3 Å². The van der Waals surface area contributed by atoms with Gasteiger partial charge in [0, 0.05) is 5.56 Å². The first-order valence-corrected chi connectivity index (χ1v) is 5.46. The molecule has 2 aromatic rings. The molecule has 0 aliphatic rings. The molecule has 0 bridgehead atoms. The van der Waals surface area contributed by atoms with Crippen LogP contribution >= 0.6 is 0 Å². The normalized spacial score (nSPS) is 8.00. The van der Waals surface area contributed by atoms with Gasteiger partial charge in [-0.1, -0.05) is 65.7 Å². The Balaban J connectivity index is 0.000000289. The van der Waals surface area contributed by atoms with Gasteiger partial charge in [0.15, 0.2) is 0 Å². The third kappa shape index (κ3) is 7.18. The second-order valence-electron chi connectivity index (χ2n) is 3.68. The molecule has 18 heavy (non-hydrogen) atoms. The molecule has 0 atom stereocenters. The number of aldehydes is 1. The van der Waals surface area contributed by atoms with Gasteiger partial charge in [0.25, 0.3) is 0 Å². The van der Waals surface area contributed by atoms with Crippen molar-refractivity contribution in [1.29, 1.82) is 0 Å². The van der Waals surface area contributed by atoms with Crippen molar-refractivity contribution in [1.82, 2.24) is 0 Å². The van der Waals surface area contributed by atoms with Gasteiger partial charge in [0.05, 0.1) is 0 Å². The summed E-state index contributed by atoms with van der Waals surface area (Å²) >= 11 is 0. The summed E-state index contributed by atoms with van der Waals surface area (Å²) in [7, 11) is 0. The Bertz CT molecular complexity index is 455. The second kappa shape index (κ2) is 10.0. The van der Waals surface area contributed by atoms with Gasteiger partial charge in [-0.2, -0.15) is 0 Å². The van der Waals surface area contributed by atoms with Crippen LogP contribution in [-0.2, 0) is 4.65 Å². The van der Waals surface area contributed by atoms with E-state index in [0.29, 0.717) is 0 Å². The molecule has 2 rings (SSSR count). The maximum atomic E-state index is 10.1. The molecule has 0 aliphatic carbocycles. The van der Waals surface area contributed by atoms with E-state index in [1.165, 1.54) is 11.1 Å². The Labute approximate surface area is 108 Å². The second-order valence-corrected chi connectivity index (χ2v) is 3.68. The van der Waals surface area contributed by atoms with Crippen LogP contribution in [-0.4, -0.2) is 6.29 Å². The minimum absolute atomic E-state index is 0.737. The standard InChI is InChI=1S/C8H8O.C7H8.CO/c1-7-2-4-8(6-9)5-3-7;1-7-5-3-2-4-6-7;1-2/h2-6H,1H3;2-6H,1H3;. The molecule has 0 aliphatic heterocycles. The molecule has 2 aromatic carbocycles. The van der Waals surface area contributed by atoms with Crippen LogP contribution in [0.3, 0.4) is 0 Å². The summed E-state index contributed by atoms with van der Waals surface area (Å²) in [5.41, 5.74) is 3.24. The molecule has 2 nitrogen and oxygen atoms in total. The van der Waals surface area contributed by atoms with E-state index < -0.39 is 0 Å². The number of hydrogen-bond acceptors (Lipinski definition) is 1. The van der Waals surface area contributed by atoms with Crippen LogP contribution in [0.5, 0.6) is 0 Å². The number of carbonyl (C=O) groups excluding carboxylic acids is 1. The van der Waals surface area contributed by atoms with Gasteiger partial charge < -0.3 is 0 Å². The molecule has 2 heteroatoms. The molecule has 0 saturated carbocycles. The van der Waals surface area contributed by atoms with Crippen molar-refractivity contribution in [3.63, 3.8) is 0 Å². The Morgan fingerprint density at radius 3 is 1.61 bits per heavy atom. The van der Waals surface area contributed by atoms with Crippen LogP contribution < -0.4 is 0 Å². The molecule has 0 N–H and O–H groups in total. The number of hydrogen-bond donors (Lipinski definition) is 0. The zero-order chi connectivity index (χ0) is 13.8. The zero-order valence-corrected chi connectivity index (χ0v) is 10.6. The summed E-state index contributed by atoms with van der Waals surface area (Å²) in [6.45, 7) is 8.58. The van der Waals surface area contributed by atoms with E-state index in [-0.39, 0.29) is 0 Å². The molecule has 92 valence electrons. The Morgan fingerprint density at radius 1 is 0.833 bits per heavy atom. The van der Waals surface area contributed by atoms with Crippen LogP contribution in [0, 0.1) is 20.5 Å². The first-order valence-electron chi connectivity index (χ1n) is 5.46. The van der Waals surface area contributed by atoms with Crippen molar-refractivity contribution < 1.29 is 9.45 Å². The van der Waals surface area contributed by atoms with Gasteiger partial charge in [-0.25, -0.2) is 0 Å². The number of benzene rings is 2. The minimum atomic E-state index is 0.737. The van der Waals surface area contributed by atoms with Crippen LogP contribution in [0.2, 0.25) is 0 Å². The van der Waals surface area contributed by atoms with Gasteiger partial charge in [-0.3, -0.25) is 4.79 Å². The van der Waals surface area contributed by atoms with Crippen molar-refractivity contribution in [2.24, 2.45) is 0 Å².